The summed E-state index contributed by atoms with van der Waals surface area (Å²) in [5, 5.41) is 0. The summed E-state index contributed by atoms with van der Waals surface area (Å²) >= 11 is 4.80. The first kappa shape index (κ1) is 9.34. The summed E-state index contributed by atoms with van der Waals surface area (Å²) in [5.41, 5.74) is 0. The lowest BCUT2D eigenvalue weighted by atomic mass is 10.6. The molecule has 0 unspecified atom stereocenters. The normalized spacial score (nSPS) is 11.4. The maximum Gasteiger partial charge on any atom is 0.154 e. The Hall–Kier alpha value is -0.750. The highest BCUT2D eigenvalue weighted by atomic mass is 32.2. The molecule has 0 spiro atoms. The van der Waals surface area contributed by atoms with Crippen LogP contribution in [-0.4, -0.2) is 24.6 Å². The minimum absolute atomic E-state index is 0.0997. The van der Waals surface area contributed by atoms with Crippen LogP contribution in [0.4, 0.5) is 0 Å². The number of hydrogen-bond acceptors (Lipinski definition) is 4. The van der Waals surface area contributed by atoms with Crippen LogP contribution in [0.15, 0.2) is 12.3 Å². The molecule has 1 N–H and O–H groups in total. The summed E-state index contributed by atoms with van der Waals surface area (Å²) in [6.45, 7) is 0. The molecule has 6 heteroatoms. The van der Waals surface area contributed by atoms with Crippen LogP contribution in [0.3, 0.4) is 0 Å². The molecule has 1 rings (SSSR count). The van der Waals surface area contributed by atoms with E-state index < -0.39 is 9.84 Å². The Morgan fingerprint density at radius 2 is 2.33 bits per heavy atom. The Morgan fingerprint density at radius 1 is 1.67 bits per heavy atom. The van der Waals surface area contributed by atoms with E-state index in [1.165, 1.54) is 6.20 Å². The van der Waals surface area contributed by atoms with E-state index in [0.717, 1.165) is 6.26 Å². The molecule has 0 bridgehead atoms. The second kappa shape index (κ2) is 3.32. The Kier molecular flexibility index (Phi) is 2.58. The fraction of sp³-hybridized carbons (Fsp3) is 0.333. The van der Waals surface area contributed by atoms with Crippen molar-refractivity contribution < 1.29 is 8.42 Å². The Morgan fingerprint density at radius 3 is 2.83 bits per heavy atom. The lowest BCUT2D eigenvalue weighted by Crippen LogP contribution is -2.04. The van der Waals surface area contributed by atoms with E-state index in [4.69, 9.17) is 12.2 Å². The largest absolute Gasteiger partial charge is 0.334 e. The summed E-state index contributed by atoms with van der Waals surface area (Å²) in [5.74, 6) is 0.280. The SMILES string of the molecule is CS(=O)(=O)Cc1nccc(=S)[nH]1. The van der Waals surface area contributed by atoms with Gasteiger partial charge >= 0.3 is 0 Å². The number of rotatable bonds is 2. The van der Waals surface area contributed by atoms with E-state index in [0.29, 0.717) is 10.5 Å². The van der Waals surface area contributed by atoms with Crippen LogP contribution in [0.1, 0.15) is 5.82 Å². The quantitative estimate of drug-likeness (QED) is 0.720. The van der Waals surface area contributed by atoms with Crippen molar-refractivity contribution in [3.05, 3.63) is 22.7 Å². The highest BCUT2D eigenvalue weighted by molar-refractivity contribution is 7.89. The lowest BCUT2D eigenvalue weighted by Gasteiger charge is -1.96. The summed E-state index contributed by atoms with van der Waals surface area (Å²) in [6, 6.07) is 1.60. The minimum Gasteiger partial charge on any atom is -0.334 e. The molecule has 0 saturated heterocycles. The van der Waals surface area contributed by atoms with Crippen molar-refractivity contribution in [1.82, 2.24) is 9.97 Å². The Balaban J connectivity index is 2.99. The Bertz CT molecular complexity index is 421. The molecule has 0 aliphatic heterocycles. The molecule has 1 aromatic heterocycles. The van der Waals surface area contributed by atoms with Gasteiger partial charge in [-0.2, -0.15) is 0 Å². The van der Waals surface area contributed by atoms with E-state index in [1.54, 1.807) is 6.07 Å². The van der Waals surface area contributed by atoms with Gasteiger partial charge in [-0.1, -0.05) is 12.2 Å². The van der Waals surface area contributed by atoms with Crippen LogP contribution in [0.5, 0.6) is 0 Å². The second-order valence-electron chi connectivity index (χ2n) is 2.45. The number of nitrogens with zero attached hydrogens (tertiary/aromatic N) is 1. The fourth-order valence-electron chi connectivity index (χ4n) is 0.733. The molecule has 1 heterocycles. The molecule has 66 valence electrons. The summed E-state index contributed by atoms with van der Waals surface area (Å²) in [6.07, 6.45) is 2.64. The third-order valence-corrected chi connectivity index (χ3v) is 2.16. The van der Waals surface area contributed by atoms with Crippen molar-refractivity contribution in [2.24, 2.45) is 0 Å². The molecular formula is C6H8N2O2S2. The van der Waals surface area contributed by atoms with E-state index in [9.17, 15) is 8.42 Å². The van der Waals surface area contributed by atoms with Crippen molar-refractivity contribution in [3.8, 4) is 0 Å². The smallest absolute Gasteiger partial charge is 0.154 e. The molecular weight excluding hydrogens is 196 g/mol. The number of sulfone groups is 1. The predicted molar refractivity (Wildman–Crippen MR) is 48.0 cm³/mol. The van der Waals surface area contributed by atoms with Gasteiger partial charge in [-0.3, -0.25) is 0 Å². The van der Waals surface area contributed by atoms with Crippen LogP contribution in [-0.2, 0) is 15.6 Å². The average molecular weight is 204 g/mol. The fourth-order valence-corrected chi connectivity index (χ4v) is 1.55. The predicted octanol–water partition coefficient (Wildman–Crippen LogP) is 0.684. The van der Waals surface area contributed by atoms with E-state index in [1.807, 2.05) is 0 Å². The first-order chi connectivity index (χ1) is 5.47. The first-order valence-electron chi connectivity index (χ1n) is 3.19. The second-order valence-corrected chi connectivity index (χ2v) is 5.03. The number of aromatic amines is 1. The van der Waals surface area contributed by atoms with Crippen LogP contribution < -0.4 is 0 Å². The van der Waals surface area contributed by atoms with Gasteiger partial charge in [0.2, 0.25) is 0 Å². The van der Waals surface area contributed by atoms with Gasteiger partial charge in [0.1, 0.15) is 16.2 Å². The molecule has 1 aromatic rings. The number of nitrogens with one attached hydrogen (secondary N) is 1. The zero-order valence-corrected chi connectivity index (χ0v) is 8.08. The standard InChI is InChI=1S/C6H8N2O2S2/c1-12(9,10)4-5-7-3-2-6(11)8-5/h2-3H,4H2,1H3,(H,7,8,11). The highest BCUT2D eigenvalue weighted by Gasteiger charge is 2.04. The third-order valence-electron chi connectivity index (χ3n) is 1.12. The van der Waals surface area contributed by atoms with Crippen LogP contribution in [0.25, 0.3) is 0 Å². The number of hydrogen-bond donors (Lipinski definition) is 1. The lowest BCUT2D eigenvalue weighted by molar-refractivity contribution is 0.599. The van der Waals surface area contributed by atoms with E-state index in [2.05, 4.69) is 9.97 Å². The summed E-state index contributed by atoms with van der Waals surface area (Å²) < 4.78 is 22.1. The van der Waals surface area contributed by atoms with Crippen LogP contribution >= 0.6 is 12.2 Å². The van der Waals surface area contributed by atoms with Gasteiger partial charge in [0.05, 0.1) is 0 Å². The summed E-state index contributed by atoms with van der Waals surface area (Å²) in [7, 11) is -3.03. The van der Waals surface area contributed by atoms with Crippen molar-refractivity contribution in [2.75, 3.05) is 6.26 Å². The molecule has 12 heavy (non-hydrogen) atoms. The van der Waals surface area contributed by atoms with Crippen molar-refractivity contribution in [3.63, 3.8) is 0 Å². The number of aromatic nitrogens is 2. The minimum atomic E-state index is -3.03. The van der Waals surface area contributed by atoms with Gasteiger partial charge in [0.15, 0.2) is 9.84 Å². The third kappa shape index (κ3) is 3.10. The molecule has 0 saturated carbocycles. The van der Waals surface area contributed by atoms with E-state index >= 15 is 0 Å². The van der Waals surface area contributed by atoms with Crippen LogP contribution in [0.2, 0.25) is 0 Å². The topological polar surface area (TPSA) is 62.8 Å². The van der Waals surface area contributed by atoms with Crippen LogP contribution in [0, 0.1) is 4.64 Å². The monoisotopic (exact) mass is 204 g/mol. The zero-order chi connectivity index (χ0) is 9.19. The van der Waals surface area contributed by atoms with Gasteiger partial charge in [0.25, 0.3) is 0 Å². The van der Waals surface area contributed by atoms with Gasteiger partial charge < -0.3 is 4.98 Å². The van der Waals surface area contributed by atoms with E-state index in [-0.39, 0.29) is 5.75 Å². The van der Waals surface area contributed by atoms with Crippen molar-refractivity contribution in [1.29, 1.82) is 0 Å². The van der Waals surface area contributed by atoms with Crippen molar-refractivity contribution in [2.45, 2.75) is 5.75 Å². The number of H-pyrrole nitrogens is 1. The maximum absolute atomic E-state index is 10.8. The molecule has 0 aromatic carbocycles. The summed E-state index contributed by atoms with van der Waals surface area (Å²) in [4.78, 5) is 6.51. The first-order valence-corrected chi connectivity index (χ1v) is 5.66. The highest BCUT2D eigenvalue weighted by Crippen LogP contribution is 1.96. The Labute approximate surface area is 75.6 Å². The van der Waals surface area contributed by atoms with Gasteiger partial charge in [-0.15, -0.1) is 0 Å². The molecule has 0 aliphatic rings. The molecule has 0 aliphatic carbocycles. The average Bonchev–Trinajstić information content (AvgIpc) is 1.82. The van der Waals surface area contributed by atoms with Gasteiger partial charge in [-0.25, -0.2) is 13.4 Å². The van der Waals surface area contributed by atoms with Crippen molar-refractivity contribution >= 4 is 22.1 Å². The molecule has 4 nitrogen and oxygen atoms in total. The molecule has 0 amide bonds. The zero-order valence-electron chi connectivity index (χ0n) is 6.44. The molecule has 0 atom stereocenters. The molecule has 0 radical (unpaired) electrons. The van der Waals surface area contributed by atoms with Gasteiger partial charge in [0, 0.05) is 12.5 Å². The maximum atomic E-state index is 10.8. The molecule has 0 fully saturated rings. The van der Waals surface area contributed by atoms with Gasteiger partial charge in [-0.05, 0) is 6.07 Å².